The fraction of sp³-hybridized carbons (Fsp3) is 0.417. The van der Waals surface area contributed by atoms with E-state index in [2.05, 4.69) is 39.7 Å². The number of imidazole rings is 1. The molecule has 0 radical (unpaired) electrons. The van der Waals surface area contributed by atoms with Crippen LogP contribution in [0.2, 0.25) is 0 Å². The van der Waals surface area contributed by atoms with Crippen LogP contribution in [0.15, 0.2) is 23.7 Å². The van der Waals surface area contributed by atoms with Crippen molar-refractivity contribution >= 4 is 11.3 Å². The molecule has 2 aromatic heterocycles. The van der Waals surface area contributed by atoms with Gasteiger partial charge < -0.3 is 10.3 Å². The molecule has 0 fully saturated rings. The third kappa shape index (κ3) is 2.71. The summed E-state index contributed by atoms with van der Waals surface area (Å²) < 4.78 is 0. The van der Waals surface area contributed by atoms with Gasteiger partial charge in [-0.3, -0.25) is 0 Å². The molecule has 2 N–H and O–H groups in total. The molecule has 0 aliphatic rings. The van der Waals surface area contributed by atoms with Crippen LogP contribution in [0.4, 0.5) is 0 Å². The van der Waals surface area contributed by atoms with Gasteiger partial charge in [0.1, 0.15) is 5.82 Å². The predicted octanol–water partition coefficient (Wildman–Crippen LogP) is 3.02. The molecule has 0 aromatic carbocycles. The second kappa shape index (κ2) is 5.27. The highest BCUT2D eigenvalue weighted by atomic mass is 32.1. The molecular formula is C12H17N3S. The van der Waals surface area contributed by atoms with E-state index in [1.807, 2.05) is 24.5 Å². The van der Waals surface area contributed by atoms with Crippen molar-refractivity contribution in [2.75, 3.05) is 0 Å². The minimum Gasteiger partial charge on any atom is -0.345 e. The first kappa shape index (κ1) is 11.4. The molecule has 0 aliphatic heterocycles. The lowest BCUT2D eigenvalue weighted by atomic mass is 10.2. The number of aromatic amines is 1. The molecule has 0 bridgehead atoms. The first-order chi connectivity index (χ1) is 7.79. The lowest BCUT2D eigenvalue weighted by molar-refractivity contribution is 0.522. The van der Waals surface area contributed by atoms with E-state index in [9.17, 15) is 0 Å². The van der Waals surface area contributed by atoms with E-state index in [1.165, 1.54) is 4.88 Å². The second-order valence-electron chi connectivity index (χ2n) is 3.85. The number of thiophene rings is 1. The smallest absolute Gasteiger partial charge is 0.103 e. The van der Waals surface area contributed by atoms with Crippen LogP contribution in [0.1, 0.15) is 35.8 Å². The van der Waals surface area contributed by atoms with Crippen LogP contribution in [-0.2, 0) is 6.54 Å². The Balaban J connectivity index is 1.93. The Morgan fingerprint density at radius 1 is 1.56 bits per heavy atom. The quantitative estimate of drug-likeness (QED) is 0.836. The first-order valence-electron chi connectivity index (χ1n) is 5.57. The zero-order valence-corrected chi connectivity index (χ0v) is 10.5. The highest BCUT2D eigenvalue weighted by molar-refractivity contribution is 7.10. The molecule has 86 valence electrons. The standard InChI is InChI=1S/C12H17N3S/c1-3-11(12-5-4-6-16-12)14-8-10-7-13-9(2)15-10/h4-7,11,14H,3,8H2,1-2H3,(H,13,15). The van der Waals surface area contributed by atoms with Gasteiger partial charge in [-0.15, -0.1) is 11.3 Å². The molecular weight excluding hydrogens is 218 g/mol. The van der Waals surface area contributed by atoms with Crippen molar-refractivity contribution in [1.82, 2.24) is 15.3 Å². The van der Waals surface area contributed by atoms with Gasteiger partial charge >= 0.3 is 0 Å². The summed E-state index contributed by atoms with van der Waals surface area (Å²) in [6.45, 7) is 5.02. The minimum absolute atomic E-state index is 0.448. The number of aryl methyl sites for hydroxylation is 1. The average Bonchev–Trinajstić information content (AvgIpc) is 2.91. The molecule has 0 saturated heterocycles. The maximum absolute atomic E-state index is 4.19. The van der Waals surface area contributed by atoms with Crippen LogP contribution in [0.3, 0.4) is 0 Å². The van der Waals surface area contributed by atoms with Crippen molar-refractivity contribution in [1.29, 1.82) is 0 Å². The van der Waals surface area contributed by atoms with Crippen LogP contribution >= 0.6 is 11.3 Å². The lowest BCUT2D eigenvalue weighted by Gasteiger charge is -2.14. The Hall–Kier alpha value is -1.13. The van der Waals surface area contributed by atoms with Gasteiger partial charge in [0.25, 0.3) is 0 Å². The van der Waals surface area contributed by atoms with Crippen molar-refractivity contribution in [3.63, 3.8) is 0 Å². The molecule has 0 saturated carbocycles. The molecule has 0 amide bonds. The number of hydrogen-bond acceptors (Lipinski definition) is 3. The van der Waals surface area contributed by atoms with Gasteiger partial charge in [0.2, 0.25) is 0 Å². The molecule has 0 spiro atoms. The summed E-state index contributed by atoms with van der Waals surface area (Å²) >= 11 is 1.81. The largest absolute Gasteiger partial charge is 0.345 e. The minimum atomic E-state index is 0.448. The molecule has 3 nitrogen and oxygen atoms in total. The van der Waals surface area contributed by atoms with E-state index in [4.69, 9.17) is 0 Å². The Morgan fingerprint density at radius 3 is 3.00 bits per heavy atom. The van der Waals surface area contributed by atoms with E-state index in [0.717, 1.165) is 24.5 Å². The van der Waals surface area contributed by atoms with Gasteiger partial charge in [-0.05, 0) is 24.8 Å². The third-order valence-corrected chi connectivity index (χ3v) is 3.58. The van der Waals surface area contributed by atoms with Gasteiger partial charge in [-0.25, -0.2) is 4.98 Å². The second-order valence-corrected chi connectivity index (χ2v) is 4.83. The molecule has 2 rings (SSSR count). The van der Waals surface area contributed by atoms with E-state index < -0.39 is 0 Å². The molecule has 2 aromatic rings. The molecule has 0 aliphatic carbocycles. The number of aromatic nitrogens is 2. The van der Waals surface area contributed by atoms with E-state index in [-0.39, 0.29) is 0 Å². The number of rotatable bonds is 5. The van der Waals surface area contributed by atoms with Crippen LogP contribution in [0.5, 0.6) is 0 Å². The van der Waals surface area contributed by atoms with Crippen molar-refractivity contribution in [2.24, 2.45) is 0 Å². The summed E-state index contributed by atoms with van der Waals surface area (Å²) in [5, 5.41) is 5.67. The van der Waals surface area contributed by atoms with Gasteiger partial charge in [0.15, 0.2) is 0 Å². The van der Waals surface area contributed by atoms with Gasteiger partial charge in [-0.2, -0.15) is 0 Å². The third-order valence-electron chi connectivity index (χ3n) is 2.59. The normalized spacial score (nSPS) is 12.9. The average molecular weight is 235 g/mol. The molecule has 4 heteroatoms. The fourth-order valence-electron chi connectivity index (χ4n) is 1.73. The van der Waals surface area contributed by atoms with E-state index >= 15 is 0 Å². The predicted molar refractivity (Wildman–Crippen MR) is 67.5 cm³/mol. The van der Waals surface area contributed by atoms with Crippen molar-refractivity contribution < 1.29 is 0 Å². The van der Waals surface area contributed by atoms with Gasteiger partial charge in [-0.1, -0.05) is 13.0 Å². The molecule has 1 atom stereocenters. The highest BCUT2D eigenvalue weighted by Gasteiger charge is 2.09. The maximum atomic E-state index is 4.19. The van der Waals surface area contributed by atoms with Crippen molar-refractivity contribution in [3.8, 4) is 0 Å². The zero-order chi connectivity index (χ0) is 11.4. The Morgan fingerprint density at radius 2 is 2.44 bits per heavy atom. The Kier molecular flexibility index (Phi) is 3.74. The summed E-state index contributed by atoms with van der Waals surface area (Å²) in [5.74, 6) is 0.973. The first-order valence-corrected chi connectivity index (χ1v) is 6.45. The monoisotopic (exact) mass is 235 g/mol. The Labute approximate surface area is 99.9 Å². The van der Waals surface area contributed by atoms with Gasteiger partial charge in [0.05, 0.1) is 0 Å². The molecule has 2 heterocycles. The number of nitrogens with one attached hydrogen (secondary N) is 2. The highest BCUT2D eigenvalue weighted by Crippen LogP contribution is 2.21. The van der Waals surface area contributed by atoms with Gasteiger partial charge in [0, 0.05) is 29.4 Å². The van der Waals surface area contributed by atoms with E-state index in [0.29, 0.717) is 6.04 Å². The van der Waals surface area contributed by atoms with Crippen LogP contribution < -0.4 is 5.32 Å². The van der Waals surface area contributed by atoms with Crippen LogP contribution in [0.25, 0.3) is 0 Å². The Bertz CT molecular complexity index is 419. The summed E-state index contributed by atoms with van der Waals surface area (Å²) in [4.78, 5) is 8.82. The topological polar surface area (TPSA) is 40.7 Å². The maximum Gasteiger partial charge on any atom is 0.103 e. The zero-order valence-electron chi connectivity index (χ0n) is 9.66. The fourth-order valence-corrected chi connectivity index (χ4v) is 2.62. The summed E-state index contributed by atoms with van der Waals surface area (Å²) in [7, 11) is 0. The molecule has 1 unspecified atom stereocenters. The summed E-state index contributed by atoms with van der Waals surface area (Å²) in [6, 6.07) is 4.73. The van der Waals surface area contributed by atoms with Crippen molar-refractivity contribution in [2.45, 2.75) is 32.9 Å². The van der Waals surface area contributed by atoms with E-state index in [1.54, 1.807) is 0 Å². The summed E-state index contributed by atoms with van der Waals surface area (Å²) in [6.07, 6.45) is 3.00. The summed E-state index contributed by atoms with van der Waals surface area (Å²) in [5.41, 5.74) is 1.15. The van der Waals surface area contributed by atoms with Crippen molar-refractivity contribution in [3.05, 3.63) is 40.1 Å². The SMILES string of the molecule is CCC(NCc1cnc(C)[nH]1)c1cccs1. The molecule has 16 heavy (non-hydrogen) atoms. The number of nitrogens with zero attached hydrogens (tertiary/aromatic N) is 1. The number of hydrogen-bond donors (Lipinski definition) is 2. The lowest BCUT2D eigenvalue weighted by Crippen LogP contribution is -2.19. The van der Waals surface area contributed by atoms with Crippen LogP contribution in [0, 0.1) is 6.92 Å². The van der Waals surface area contributed by atoms with Crippen LogP contribution in [-0.4, -0.2) is 9.97 Å². The number of H-pyrrole nitrogens is 1.